The van der Waals surface area contributed by atoms with Gasteiger partial charge in [0, 0.05) is 45.6 Å². The SMILES string of the molecule is CCC(C(=O)Nc1ccnc2c(-c3nc(Nc4cn(C)nc4OC)ncc3C)n[nH]c12)N1CCN(C)CC1. The third kappa shape index (κ3) is 5.02. The van der Waals surface area contributed by atoms with Crippen LogP contribution < -0.4 is 15.4 Å². The molecule has 4 aromatic rings. The number of amides is 1. The highest BCUT2D eigenvalue weighted by Gasteiger charge is 2.27. The normalized spacial score (nSPS) is 15.5. The summed E-state index contributed by atoms with van der Waals surface area (Å²) < 4.78 is 6.96. The Kier molecular flexibility index (Phi) is 7.20. The lowest BCUT2D eigenvalue weighted by Gasteiger charge is -2.36. The smallest absolute Gasteiger partial charge is 0.256 e. The fraction of sp³-hybridized carbons (Fsp3) is 0.440. The number of ether oxygens (including phenoxy) is 1. The van der Waals surface area contributed by atoms with Crippen LogP contribution in [0.5, 0.6) is 5.88 Å². The lowest BCUT2D eigenvalue weighted by atomic mass is 10.1. The molecule has 5 rings (SSSR count). The maximum Gasteiger partial charge on any atom is 0.256 e. The van der Waals surface area contributed by atoms with E-state index in [1.165, 1.54) is 0 Å². The molecule has 1 unspecified atom stereocenters. The molecule has 0 spiro atoms. The van der Waals surface area contributed by atoms with E-state index in [-0.39, 0.29) is 11.9 Å². The number of piperazine rings is 1. The minimum absolute atomic E-state index is 0.0316. The number of fused-ring (bicyclic) bond motifs is 1. The number of carbonyl (C=O) groups is 1. The van der Waals surface area contributed by atoms with Gasteiger partial charge in [0.2, 0.25) is 11.9 Å². The molecule has 1 amide bonds. The molecule has 0 aromatic carbocycles. The zero-order valence-corrected chi connectivity index (χ0v) is 22.3. The lowest BCUT2D eigenvalue weighted by Crippen LogP contribution is -2.52. The fourth-order valence-corrected chi connectivity index (χ4v) is 4.71. The molecule has 5 heterocycles. The van der Waals surface area contributed by atoms with E-state index in [1.807, 2.05) is 13.8 Å². The van der Waals surface area contributed by atoms with Gasteiger partial charge < -0.3 is 20.3 Å². The number of methoxy groups -OCH3 is 1. The standard InChI is InChI=1S/C25H33N11O2/c1-6-18(36-11-9-34(3)10-12-36)23(37)28-16-7-8-26-21-20(16)31-32-22(21)19-15(2)13-27-25(30-19)29-17-14-35(4)33-24(17)38-5/h7-8,13-14,18H,6,9-12H2,1-5H3,(H,31,32)(H,26,28,37)(H,27,29,30). The molecule has 13 nitrogen and oxygen atoms in total. The summed E-state index contributed by atoms with van der Waals surface area (Å²) in [6.45, 7) is 7.61. The van der Waals surface area contributed by atoms with Gasteiger partial charge in [0.1, 0.15) is 28.1 Å². The number of aryl methyl sites for hydroxylation is 2. The van der Waals surface area contributed by atoms with Crippen LogP contribution in [0.3, 0.4) is 0 Å². The Hall–Kier alpha value is -4.10. The minimum atomic E-state index is -0.198. The van der Waals surface area contributed by atoms with Crippen LogP contribution in [0.25, 0.3) is 22.4 Å². The zero-order chi connectivity index (χ0) is 26.8. The largest absolute Gasteiger partial charge is 0.478 e. The van der Waals surface area contributed by atoms with Crippen molar-refractivity contribution in [3.63, 3.8) is 0 Å². The predicted octanol–water partition coefficient (Wildman–Crippen LogP) is 2.17. The number of aromatic amines is 1. The van der Waals surface area contributed by atoms with Gasteiger partial charge in [-0.3, -0.25) is 24.5 Å². The van der Waals surface area contributed by atoms with Gasteiger partial charge >= 0.3 is 0 Å². The first-order valence-corrected chi connectivity index (χ1v) is 12.6. The molecule has 0 aliphatic carbocycles. The number of nitrogens with zero attached hydrogens (tertiary/aromatic N) is 8. The predicted molar refractivity (Wildman–Crippen MR) is 144 cm³/mol. The number of carbonyl (C=O) groups excluding carboxylic acids is 1. The third-order valence-electron chi connectivity index (χ3n) is 6.81. The first kappa shape index (κ1) is 25.5. The van der Waals surface area contributed by atoms with Gasteiger partial charge in [0.25, 0.3) is 5.88 Å². The van der Waals surface area contributed by atoms with Gasteiger partial charge in [-0.15, -0.1) is 5.10 Å². The first-order chi connectivity index (χ1) is 18.4. The van der Waals surface area contributed by atoms with Crippen LogP contribution in [0.1, 0.15) is 18.9 Å². The molecule has 1 aliphatic heterocycles. The Morgan fingerprint density at radius 2 is 1.95 bits per heavy atom. The molecule has 1 fully saturated rings. The molecule has 0 saturated carbocycles. The Bertz CT molecular complexity index is 1440. The van der Waals surface area contributed by atoms with Crippen molar-refractivity contribution in [1.82, 2.24) is 44.7 Å². The van der Waals surface area contributed by atoms with Crippen LogP contribution in [0, 0.1) is 6.92 Å². The third-order valence-corrected chi connectivity index (χ3v) is 6.81. The summed E-state index contributed by atoms with van der Waals surface area (Å²) in [4.78, 5) is 31.5. The number of hydrogen-bond acceptors (Lipinski definition) is 10. The number of rotatable bonds is 8. The van der Waals surface area contributed by atoms with Crippen molar-refractivity contribution in [3.05, 3.63) is 30.2 Å². The van der Waals surface area contributed by atoms with Crippen LogP contribution in [-0.4, -0.2) is 97.0 Å². The van der Waals surface area contributed by atoms with Gasteiger partial charge in [0.05, 0.1) is 25.0 Å². The number of likely N-dealkylation sites (N-methyl/N-ethyl adjacent to an activating group) is 1. The zero-order valence-electron chi connectivity index (χ0n) is 22.3. The van der Waals surface area contributed by atoms with Crippen LogP contribution >= 0.6 is 0 Å². The topological polar surface area (TPSA) is 142 Å². The summed E-state index contributed by atoms with van der Waals surface area (Å²) >= 11 is 0. The van der Waals surface area contributed by atoms with E-state index in [2.05, 4.69) is 52.7 Å². The van der Waals surface area contributed by atoms with Crippen LogP contribution in [0.15, 0.2) is 24.7 Å². The van der Waals surface area contributed by atoms with Crippen molar-refractivity contribution in [1.29, 1.82) is 0 Å². The lowest BCUT2D eigenvalue weighted by molar-refractivity contribution is -0.122. The molecule has 1 atom stereocenters. The first-order valence-electron chi connectivity index (χ1n) is 12.6. The molecule has 200 valence electrons. The molecule has 1 saturated heterocycles. The van der Waals surface area contributed by atoms with Crippen molar-refractivity contribution >= 4 is 34.3 Å². The molecular weight excluding hydrogens is 486 g/mol. The number of pyridine rings is 1. The average molecular weight is 520 g/mol. The van der Waals surface area contributed by atoms with Crippen molar-refractivity contribution in [2.75, 3.05) is 51.0 Å². The number of anilines is 3. The summed E-state index contributed by atoms with van der Waals surface area (Å²) in [5.74, 6) is 0.777. The maximum atomic E-state index is 13.3. The summed E-state index contributed by atoms with van der Waals surface area (Å²) in [5.41, 5.74) is 4.56. The van der Waals surface area contributed by atoms with E-state index in [9.17, 15) is 4.79 Å². The summed E-state index contributed by atoms with van der Waals surface area (Å²) in [6, 6.07) is 1.59. The highest BCUT2D eigenvalue weighted by Crippen LogP contribution is 2.31. The molecule has 4 aromatic heterocycles. The van der Waals surface area contributed by atoms with Gasteiger partial charge in [-0.25, -0.2) is 9.97 Å². The van der Waals surface area contributed by atoms with E-state index in [4.69, 9.17) is 9.72 Å². The highest BCUT2D eigenvalue weighted by atomic mass is 16.5. The second kappa shape index (κ2) is 10.7. The van der Waals surface area contributed by atoms with Crippen molar-refractivity contribution in [2.24, 2.45) is 7.05 Å². The molecule has 0 radical (unpaired) electrons. The minimum Gasteiger partial charge on any atom is -0.478 e. The number of H-pyrrole nitrogens is 1. The Labute approximate surface area is 220 Å². The van der Waals surface area contributed by atoms with E-state index in [0.29, 0.717) is 45.6 Å². The highest BCUT2D eigenvalue weighted by molar-refractivity contribution is 6.04. The number of hydrogen-bond donors (Lipinski definition) is 3. The van der Waals surface area contributed by atoms with Crippen molar-refractivity contribution in [3.8, 4) is 17.3 Å². The van der Waals surface area contributed by atoms with Gasteiger partial charge in [0.15, 0.2) is 0 Å². The summed E-state index contributed by atoms with van der Waals surface area (Å²) in [5, 5.41) is 18.1. The molecule has 1 aliphatic rings. The van der Waals surface area contributed by atoms with E-state index in [0.717, 1.165) is 38.2 Å². The summed E-state index contributed by atoms with van der Waals surface area (Å²) in [7, 11) is 5.47. The summed E-state index contributed by atoms with van der Waals surface area (Å²) in [6.07, 6.45) is 5.91. The second-order valence-electron chi connectivity index (χ2n) is 9.48. The average Bonchev–Trinajstić information content (AvgIpc) is 3.50. The Morgan fingerprint density at radius 3 is 2.68 bits per heavy atom. The molecule has 38 heavy (non-hydrogen) atoms. The van der Waals surface area contributed by atoms with Gasteiger partial charge in [-0.05, 0) is 32.0 Å². The van der Waals surface area contributed by atoms with Gasteiger partial charge in [-0.1, -0.05) is 6.92 Å². The number of aromatic nitrogens is 7. The Balaban J connectivity index is 1.41. The van der Waals surface area contributed by atoms with Crippen LogP contribution in [0.2, 0.25) is 0 Å². The van der Waals surface area contributed by atoms with Crippen molar-refractivity contribution in [2.45, 2.75) is 26.3 Å². The van der Waals surface area contributed by atoms with E-state index >= 15 is 0 Å². The second-order valence-corrected chi connectivity index (χ2v) is 9.48. The van der Waals surface area contributed by atoms with Crippen LogP contribution in [0.4, 0.5) is 17.3 Å². The molecule has 0 bridgehead atoms. The van der Waals surface area contributed by atoms with Crippen molar-refractivity contribution < 1.29 is 9.53 Å². The number of nitrogens with one attached hydrogen (secondary N) is 3. The molecule has 13 heteroatoms. The van der Waals surface area contributed by atoms with E-state index < -0.39 is 0 Å². The molecule has 3 N–H and O–H groups in total. The quantitative estimate of drug-likeness (QED) is 0.317. The van der Waals surface area contributed by atoms with Crippen LogP contribution in [-0.2, 0) is 11.8 Å². The molecular formula is C25H33N11O2. The Morgan fingerprint density at radius 1 is 1.16 bits per heavy atom. The maximum absolute atomic E-state index is 13.3. The monoisotopic (exact) mass is 519 g/mol. The van der Waals surface area contributed by atoms with Gasteiger partial charge in [-0.2, -0.15) is 5.10 Å². The fourth-order valence-electron chi connectivity index (χ4n) is 4.71. The van der Waals surface area contributed by atoms with E-state index in [1.54, 1.807) is 43.5 Å².